The van der Waals surface area contributed by atoms with Gasteiger partial charge in [-0.3, -0.25) is 4.79 Å². The molecule has 0 atom stereocenters. The Morgan fingerprint density at radius 3 is 2.18 bits per heavy atom. The molecular weight excluding hydrogens is 295 g/mol. The van der Waals surface area contributed by atoms with Gasteiger partial charge in [0.2, 0.25) is 0 Å². The van der Waals surface area contributed by atoms with E-state index in [4.69, 9.17) is 4.74 Å². The van der Waals surface area contributed by atoms with Crippen LogP contribution in [-0.2, 0) is 4.79 Å². The lowest BCUT2D eigenvalue weighted by atomic mass is 10.1. The van der Waals surface area contributed by atoms with E-state index < -0.39 is 29.0 Å². The Morgan fingerprint density at radius 2 is 1.59 bits per heavy atom. The van der Waals surface area contributed by atoms with Gasteiger partial charge in [-0.25, -0.2) is 13.2 Å². The third-order valence-electron chi connectivity index (χ3n) is 2.91. The van der Waals surface area contributed by atoms with Gasteiger partial charge >= 0.3 is 0 Å². The molecular formula is C16H14F3NO2. The summed E-state index contributed by atoms with van der Waals surface area (Å²) in [5.74, 6) is -2.38. The highest BCUT2D eigenvalue weighted by atomic mass is 19.1. The lowest BCUT2D eigenvalue weighted by Gasteiger charge is -2.25. The van der Waals surface area contributed by atoms with E-state index in [0.29, 0.717) is 11.8 Å². The molecule has 22 heavy (non-hydrogen) atoms. The molecule has 2 aromatic carbocycles. The number of amides is 1. The molecule has 0 heterocycles. The molecule has 2 aromatic rings. The normalized spacial score (nSPS) is 11.1. The van der Waals surface area contributed by atoms with E-state index in [1.54, 1.807) is 0 Å². The van der Waals surface area contributed by atoms with Crippen LogP contribution in [0.3, 0.4) is 0 Å². The van der Waals surface area contributed by atoms with Gasteiger partial charge in [-0.05, 0) is 50.2 Å². The van der Waals surface area contributed by atoms with E-state index in [1.165, 1.54) is 38.1 Å². The van der Waals surface area contributed by atoms with Crippen LogP contribution in [0, 0.1) is 17.5 Å². The number of nitrogens with one attached hydrogen (secondary N) is 1. The third-order valence-corrected chi connectivity index (χ3v) is 2.91. The molecule has 1 amide bonds. The van der Waals surface area contributed by atoms with Crippen molar-refractivity contribution in [2.24, 2.45) is 0 Å². The highest BCUT2D eigenvalue weighted by Gasteiger charge is 2.30. The van der Waals surface area contributed by atoms with Gasteiger partial charge in [-0.15, -0.1) is 0 Å². The van der Waals surface area contributed by atoms with Gasteiger partial charge < -0.3 is 10.1 Å². The minimum atomic E-state index is -1.33. The Labute approximate surface area is 125 Å². The van der Waals surface area contributed by atoms with Gasteiger partial charge in [-0.1, -0.05) is 0 Å². The summed E-state index contributed by atoms with van der Waals surface area (Å²) in [5.41, 5.74) is -1.49. The molecule has 2 rings (SSSR count). The summed E-state index contributed by atoms with van der Waals surface area (Å²) in [6, 6.07) is 7.98. The van der Waals surface area contributed by atoms with Crippen molar-refractivity contribution >= 4 is 11.6 Å². The Kier molecular flexibility index (Phi) is 4.40. The Morgan fingerprint density at radius 1 is 1.00 bits per heavy atom. The zero-order chi connectivity index (χ0) is 16.3. The lowest BCUT2D eigenvalue weighted by molar-refractivity contribution is -0.128. The maximum absolute atomic E-state index is 13.5. The molecule has 0 aromatic heterocycles. The smallest absolute Gasteiger partial charge is 0.268 e. The maximum Gasteiger partial charge on any atom is 0.268 e. The summed E-state index contributed by atoms with van der Waals surface area (Å²) >= 11 is 0. The predicted octanol–water partition coefficient (Wildman–Crippen LogP) is 3.90. The summed E-state index contributed by atoms with van der Waals surface area (Å²) in [6.07, 6.45) is 0. The topological polar surface area (TPSA) is 38.3 Å². The SMILES string of the molecule is CC(C)(Oc1ccc(F)cc1)C(=O)Nc1ccc(F)cc1F. The molecule has 0 fully saturated rings. The monoisotopic (exact) mass is 309 g/mol. The fraction of sp³-hybridized carbons (Fsp3) is 0.188. The molecule has 0 spiro atoms. The van der Waals surface area contributed by atoms with Crippen LogP contribution in [0.1, 0.15) is 13.8 Å². The van der Waals surface area contributed by atoms with Crippen molar-refractivity contribution in [3.8, 4) is 5.75 Å². The van der Waals surface area contributed by atoms with Gasteiger partial charge in [0.1, 0.15) is 23.2 Å². The van der Waals surface area contributed by atoms with Crippen molar-refractivity contribution in [2.75, 3.05) is 5.32 Å². The van der Waals surface area contributed by atoms with Crippen molar-refractivity contribution in [3.63, 3.8) is 0 Å². The van der Waals surface area contributed by atoms with Crippen molar-refractivity contribution < 1.29 is 22.7 Å². The van der Waals surface area contributed by atoms with Crippen LogP contribution in [-0.4, -0.2) is 11.5 Å². The molecule has 1 N–H and O–H groups in total. The van der Waals surface area contributed by atoms with E-state index >= 15 is 0 Å². The van der Waals surface area contributed by atoms with E-state index in [2.05, 4.69) is 5.32 Å². The summed E-state index contributed by atoms with van der Waals surface area (Å²) in [5, 5.41) is 2.33. The number of hydrogen-bond acceptors (Lipinski definition) is 2. The zero-order valence-electron chi connectivity index (χ0n) is 12.0. The third kappa shape index (κ3) is 3.78. The molecule has 0 bridgehead atoms. The molecule has 0 radical (unpaired) electrons. The van der Waals surface area contributed by atoms with Crippen molar-refractivity contribution in [1.82, 2.24) is 0 Å². The number of anilines is 1. The first-order valence-electron chi connectivity index (χ1n) is 6.49. The van der Waals surface area contributed by atoms with Crippen LogP contribution in [0.5, 0.6) is 5.75 Å². The number of ether oxygens (including phenoxy) is 1. The van der Waals surface area contributed by atoms with Gasteiger partial charge in [0.15, 0.2) is 5.60 Å². The Balaban J connectivity index is 2.11. The maximum atomic E-state index is 13.5. The number of rotatable bonds is 4. The average molecular weight is 309 g/mol. The minimum Gasteiger partial charge on any atom is -0.478 e. The second-order valence-electron chi connectivity index (χ2n) is 5.14. The average Bonchev–Trinajstić information content (AvgIpc) is 2.44. The van der Waals surface area contributed by atoms with Crippen molar-refractivity contribution in [2.45, 2.75) is 19.4 Å². The van der Waals surface area contributed by atoms with Crippen LogP contribution < -0.4 is 10.1 Å². The fourth-order valence-electron chi connectivity index (χ4n) is 1.71. The van der Waals surface area contributed by atoms with Crippen LogP contribution >= 0.6 is 0 Å². The minimum absolute atomic E-state index is 0.151. The first-order chi connectivity index (χ1) is 10.3. The lowest BCUT2D eigenvalue weighted by Crippen LogP contribution is -2.42. The largest absolute Gasteiger partial charge is 0.478 e. The van der Waals surface area contributed by atoms with E-state index in [1.807, 2.05) is 0 Å². The van der Waals surface area contributed by atoms with E-state index in [-0.39, 0.29) is 5.69 Å². The fourth-order valence-corrected chi connectivity index (χ4v) is 1.71. The van der Waals surface area contributed by atoms with Gasteiger partial charge in [0.05, 0.1) is 5.69 Å². The molecule has 116 valence electrons. The highest BCUT2D eigenvalue weighted by molar-refractivity contribution is 5.97. The number of hydrogen-bond donors (Lipinski definition) is 1. The number of benzene rings is 2. The second kappa shape index (κ2) is 6.09. The number of halogens is 3. The molecule has 0 aliphatic heterocycles. The molecule has 3 nitrogen and oxygen atoms in total. The summed E-state index contributed by atoms with van der Waals surface area (Å²) in [7, 11) is 0. The highest BCUT2D eigenvalue weighted by Crippen LogP contribution is 2.22. The first kappa shape index (κ1) is 15.9. The van der Waals surface area contributed by atoms with E-state index in [0.717, 1.165) is 12.1 Å². The van der Waals surface area contributed by atoms with Crippen molar-refractivity contribution in [1.29, 1.82) is 0 Å². The molecule has 0 saturated heterocycles. The predicted molar refractivity (Wildman–Crippen MR) is 76.1 cm³/mol. The second-order valence-corrected chi connectivity index (χ2v) is 5.14. The molecule has 0 unspecified atom stereocenters. The zero-order valence-corrected chi connectivity index (χ0v) is 12.0. The molecule has 0 aliphatic carbocycles. The summed E-state index contributed by atoms with van der Waals surface area (Å²) in [4.78, 5) is 12.2. The summed E-state index contributed by atoms with van der Waals surface area (Å²) < 4.78 is 44.7. The van der Waals surface area contributed by atoms with Gasteiger partial charge in [-0.2, -0.15) is 0 Å². The standard InChI is InChI=1S/C16H14F3NO2/c1-16(2,22-12-6-3-10(17)4-7-12)15(21)20-14-8-5-11(18)9-13(14)19/h3-9H,1-2H3,(H,20,21). The Bertz CT molecular complexity index is 684. The quantitative estimate of drug-likeness (QED) is 0.930. The molecule has 0 aliphatic rings. The van der Waals surface area contributed by atoms with Gasteiger partial charge in [0, 0.05) is 6.07 Å². The number of carbonyl (C=O) groups excluding carboxylic acids is 1. The van der Waals surface area contributed by atoms with Crippen LogP contribution in [0.2, 0.25) is 0 Å². The van der Waals surface area contributed by atoms with Crippen LogP contribution in [0.25, 0.3) is 0 Å². The summed E-state index contributed by atoms with van der Waals surface area (Å²) in [6.45, 7) is 2.96. The van der Waals surface area contributed by atoms with E-state index in [9.17, 15) is 18.0 Å². The molecule has 0 saturated carbocycles. The van der Waals surface area contributed by atoms with Gasteiger partial charge in [0.25, 0.3) is 5.91 Å². The van der Waals surface area contributed by atoms with Crippen LogP contribution in [0.15, 0.2) is 42.5 Å². The first-order valence-corrected chi connectivity index (χ1v) is 6.49. The molecule has 6 heteroatoms. The number of carbonyl (C=O) groups is 1. The van der Waals surface area contributed by atoms with Crippen LogP contribution in [0.4, 0.5) is 18.9 Å². The Hall–Kier alpha value is -2.50. The van der Waals surface area contributed by atoms with Crippen molar-refractivity contribution in [3.05, 3.63) is 59.9 Å².